The number of hydrogen-bond donors (Lipinski definition) is 1. The van der Waals surface area contributed by atoms with E-state index in [9.17, 15) is 8.78 Å². The van der Waals surface area contributed by atoms with Crippen LogP contribution >= 0.6 is 0 Å². The zero-order valence-corrected chi connectivity index (χ0v) is 11.2. The van der Waals surface area contributed by atoms with Gasteiger partial charge >= 0.3 is 6.61 Å². The van der Waals surface area contributed by atoms with Gasteiger partial charge < -0.3 is 15.2 Å². The van der Waals surface area contributed by atoms with Crippen molar-refractivity contribution >= 4 is 16.7 Å². The zero-order valence-electron chi connectivity index (χ0n) is 11.2. The van der Waals surface area contributed by atoms with Crippen LogP contribution in [0.1, 0.15) is 19.2 Å². The van der Waals surface area contributed by atoms with Gasteiger partial charge in [0.2, 0.25) is 0 Å². The Morgan fingerprint density at radius 2 is 2.00 bits per heavy atom. The molecule has 2 N–H and O–H groups in total. The first-order valence-electron chi connectivity index (χ1n) is 6.14. The van der Waals surface area contributed by atoms with Gasteiger partial charge in [0.05, 0.1) is 12.6 Å². The minimum absolute atomic E-state index is 0.0736. The Morgan fingerprint density at radius 1 is 1.25 bits per heavy atom. The van der Waals surface area contributed by atoms with Gasteiger partial charge in [-0.25, -0.2) is 9.97 Å². The van der Waals surface area contributed by atoms with E-state index in [1.165, 1.54) is 19.2 Å². The molecule has 1 aromatic heterocycles. The molecule has 0 atom stereocenters. The summed E-state index contributed by atoms with van der Waals surface area (Å²) in [5.74, 6) is 0.956. The van der Waals surface area contributed by atoms with Crippen LogP contribution in [-0.2, 0) is 6.42 Å². The number of methoxy groups -OCH3 is 1. The molecule has 0 saturated heterocycles. The minimum Gasteiger partial charge on any atom is -0.493 e. The summed E-state index contributed by atoms with van der Waals surface area (Å²) < 4.78 is 34.2. The third-order valence-electron chi connectivity index (χ3n) is 2.75. The van der Waals surface area contributed by atoms with Crippen molar-refractivity contribution in [2.75, 3.05) is 12.8 Å². The van der Waals surface area contributed by atoms with Gasteiger partial charge in [-0.2, -0.15) is 8.78 Å². The molecule has 1 aromatic carbocycles. The number of halogens is 2. The molecule has 0 bridgehead atoms. The predicted molar refractivity (Wildman–Crippen MR) is 71.1 cm³/mol. The molecule has 20 heavy (non-hydrogen) atoms. The number of rotatable bonds is 5. The molecule has 0 saturated carbocycles. The highest BCUT2D eigenvalue weighted by atomic mass is 19.3. The molecule has 2 aromatic rings. The molecule has 0 aliphatic carbocycles. The zero-order chi connectivity index (χ0) is 14.7. The highest BCUT2D eigenvalue weighted by Gasteiger charge is 2.15. The van der Waals surface area contributed by atoms with Crippen LogP contribution in [0.2, 0.25) is 0 Å². The van der Waals surface area contributed by atoms with E-state index in [0.717, 1.165) is 6.42 Å². The summed E-state index contributed by atoms with van der Waals surface area (Å²) in [6.07, 6.45) is 1.53. The number of ether oxygens (including phenoxy) is 2. The molecular weight excluding hydrogens is 268 g/mol. The third kappa shape index (κ3) is 2.87. The minimum atomic E-state index is -2.93. The van der Waals surface area contributed by atoms with Crippen molar-refractivity contribution in [3.8, 4) is 11.5 Å². The van der Waals surface area contributed by atoms with Crippen LogP contribution in [-0.4, -0.2) is 23.7 Å². The number of nitrogen functional groups attached to an aromatic ring is 1. The lowest BCUT2D eigenvalue weighted by Gasteiger charge is -2.12. The fourth-order valence-corrected chi connectivity index (χ4v) is 1.89. The van der Waals surface area contributed by atoms with E-state index in [1.807, 2.05) is 6.92 Å². The molecule has 2 rings (SSSR count). The van der Waals surface area contributed by atoms with Gasteiger partial charge in [0.25, 0.3) is 0 Å². The fraction of sp³-hybridized carbons (Fsp3) is 0.385. The molecule has 7 heteroatoms. The Bertz CT molecular complexity index is 620. The molecule has 1 heterocycles. The maximum Gasteiger partial charge on any atom is 0.387 e. The Balaban J connectivity index is 2.58. The summed E-state index contributed by atoms with van der Waals surface area (Å²) in [4.78, 5) is 8.48. The van der Waals surface area contributed by atoms with E-state index in [2.05, 4.69) is 14.7 Å². The lowest BCUT2D eigenvalue weighted by atomic mass is 10.2. The number of aromatic nitrogens is 2. The van der Waals surface area contributed by atoms with Crippen molar-refractivity contribution in [2.45, 2.75) is 26.4 Å². The Morgan fingerprint density at radius 3 is 2.60 bits per heavy atom. The van der Waals surface area contributed by atoms with Crippen LogP contribution in [0.25, 0.3) is 10.9 Å². The molecule has 108 valence electrons. The second kappa shape index (κ2) is 5.85. The van der Waals surface area contributed by atoms with E-state index < -0.39 is 6.61 Å². The van der Waals surface area contributed by atoms with Gasteiger partial charge in [0, 0.05) is 17.9 Å². The number of benzene rings is 1. The lowest BCUT2D eigenvalue weighted by Crippen LogP contribution is -2.05. The average molecular weight is 283 g/mol. The SMILES string of the molecule is CCCc1nc(N)c2cc(OC)c(OC(F)F)cc2n1. The van der Waals surface area contributed by atoms with E-state index >= 15 is 0 Å². The topological polar surface area (TPSA) is 70.3 Å². The maximum absolute atomic E-state index is 12.4. The normalized spacial score (nSPS) is 11.1. The second-order valence-electron chi connectivity index (χ2n) is 4.17. The largest absolute Gasteiger partial charge is 0.493 e. The molecule has 0 aliphatic heterocycles. The van der Waals surface area contributed by atoms with Crippen LogP contribution in [0.3, 0.4) is 0 Å². The lowest BCUT2D eigenvalue weighted by molar-refractivity contribution is -0.0511. The first-order chi connectivity index (χ1) is 9.55. The summed E-state index contributed by atoms with van der Waals surface area (Å²) in [5, 5.41) is 0.545. The van der Waals surface area contributed by atoms with Crippen LogP contribution in [0.4, 0.5) is 14.6 Å². The number of anilines is 1. The monoisotopic (exact) mass is 283 g/mol. The maximum atomic E-state index is 12.4. The average Bonchev–Trinajstić information content (AvgIpc) is 2.37. The first kappa shape index (κ1) is 14.2. The van der Waals surface area contributed by atoms with Crippen LogP contribution < -0.4 is 15.2 Å². The third-order valence-corrected chi connectivity index (χ3v) is 2.75. The summed E-state index contributed by atoms with van der Waals surface area (Å²) in [6.45, 7) is -0.945. The van der Waals surface area contributed by atoms with Gasteiger partial charge in [-0.3, -0.25) is 0 Å². The van der Waals surface area contributed by atoms with Gasteiger partial charge in [-0.05, 0) is 12.5 Å². The first-order valence-corrected chi connectivity index (χ1v) is 6.14. The van der Waals surface area contributed by atoms with Gasteiger partial charge in [0.15, 0.2) is 11.5 Å². The Kier molecular flexibility index (Phi) is 4.16. The molecule has 0 aliphatic rings. The molecule has 0 fully saturated rings. The number of fused-ring (bicyclic) bond motifs is 1. The number of nitrogens with two attached hydrogens (primary N) is 1. The molecule has 0 amide bonds. The van der Waals surface area contributed by atoms with Crippen molar-refractivity contribution in [3.05, 3.63) is 18.0 Å². The Labute approximate surface area is 114 Å². The fourth-order valence-electron chi connectivity index (χ4n) is 1.89. The molecule has 0 radical (unpaired) electrons. The molecule has 5 nitrogen and oxygen atoms in total. The standard InChI is InChI=1S/C13H15F2N3O2/c1-3-4-11-17-8-6-10(20-13(14)15)9(19-2)5-7(8)12(16)18-11/h5-6,13H,3-4H2,1-2H3,(H2,16,17,18). The summed E-state index contributed by atoms with van der Waals surface area (Å²) in [5.41, 5.74) is 6.32. The summed E-state index contributed by atoms with van der Waals surface area (Å²) in [7, 11) is 1.36. The highest BCUT2D eigenvalue weighted by molar-refractivity contribution is 5.90. The summed E-state index contributed by atoms with van der Waals surface area (Å²) >= 11 is 0. The van der Waals surface area contributed by atoms with Crippen LogP contribution in [0.15, 0.2) is 12.1 Å². The highest BCUT2D eigenvalue weighted by Crippen LogP contribution is 2.34. The predicted octanol–water partition coefficient (Wildman–Crippen LogP) is 2.77. The Hall–Kier alpha value is -2.18. The summed E-state index contributed by atoms with van der Waals surface area (Å²) in [6, 6.07) is 2.88. The molecular formula is C13H15F2N3O2. The van der Waals surface area contributed by atoms with Crippen molar-refractivity contribution in [2.24, 2.45) is 0 Å². The van der Waals surface area contributed by atoms with Crippen molar-refractivity contribution in [1.29, 1.82) is 0 Å². The number of nitrogens with zero attached hydrogens (tertiary/aromatic N) is 2. The van der Waals surface area contributed by atoms with Crippen molar-refractivity contribution in [3.63, 3.8) is 0 Å². The van der Waals surface area contributed by atoms with Gasteiger partial charge in [-0.1, -0.05) is 6.92 Å². The smallest absolute Gasteiger partial charge is 0.387 e. The quantitative estimate of drug-likeness (QED) is 0.913. The molecule has 0 spiro atoms. The van der Waals surface area contributed by atoms with Crippen molar-refractivity contribution < 1.29 is 18.3 Å². The van der Waals surface area contributed by atoms with E-state index in [-0.39, 0.29) is 11.5 Å². The number of aryl methyl sites for hydroxylation is 1. The second-order valence-corrected chi connectivity index (χ2v) is 4.17. The van der Waals surface area contributed by atoms with E-state index in [0.29, 0.717) is 29.0 Å². The van der Waals surface area contributed by atoms with Crippen LogP contribution in [0.5, 0.6) is 11.5 Å². The van der Waals surface area contributed by atoms with Crippen molar-refractivity contribution in [1.82, 2.24) is 9.97 Å². The number of hydrogen-bond acceptors (Lipinski definition) is 5. The van der Waals surface area contributed by atoms with Gasteiger partial charge in [0.1, 0.15) is 11.6 Å². The number of alkyl halides is 2. The molecule has 0 unspecified atom stereocenters. The van der Waals surface area contributed by atoms with Crippen LogP contribution in [0, 0.1) is 0 Å². The van der Waals surface area contributed by atoms with E-state index in [4.69, 9.17) is 10.5 Å². The van der Waals surface area contributed by atoms with E-state index in [1.54, 1.807) is 0 Å². The van der Waals surface area contributed by atoms with Gasteiger partial charge in [-0.15, -0.1) is 0 Å².